The minimum atomic E-state index is -0.422. The number of benzene rings is 1. The van der Waals surface area contributed by atoms with Gasteiger partial charge in [0, 0.05) is 10.9 Å². The van der Waals surface area contributed by atoms with Crippen molar-refractivity contribution in [2.24, 2.45) is 0 Å². The minimum absolute atomic E-state index is 0.191. The number of anilines is 1. The molecule has 0 unspecified atom stereocenters. The highest BCUT2D eigenvalue weighted by Gasteiger charge is 2.21. The van der Waals surface area contributed by atoms with Crippen LogP contribution in [0.25, 0.3) is 10.6 Å². The van der Waals surface area contributed by atoms with E-state index < -0.39 is 5.91 Å². The van der Waals surface area contributed by atoms with E-state index in [1.165, 1.54) is 32.0 Å². The second-order valence-corrected chi connectivity index (χ2v) is 6.78. The van der Waals surface area contributed by atoms with Crippen LogP contribution in [0.5, 0.6) is 11.5 Å². The maximum Gasteiger partial charge on any atom is 0.278 e. The van der Waals surface area contributed by atoms with Gasteiger partial charge in [0.1, 0.15) is 11.5 Å². The van der Waals surface area contributed by atoms with Crippen LogP contribution in [0.3, 0.4) is 0 Å². The lowest BCUT2D eigenvalue weighted by molar-refractivity contribution is 0.102. The number of carbonyl (C=O) groups is 1. The van der Waals surface area contributed by atoms with Gasteiger partial charge < -0.3 is 19.2 Å². The van der Waals surface area contributed by atoms with Gasteiger partial charge in [-0.15, -0.1) is 11.3 Å². The third-order valence-corrected chi connectivity index (χ3v) is 4.76. The van der Waals surface area contributed by atoms with Gasteiger partial charge in [-0.2, -0.15) is 0 Å². The summed E-state index contributed by atoms with van der Waals surface area (Å²) in [5.41, 5.74) is 0.602. The van der Waals surface area contributed by atoms with Crippen LogP contribution in [0.15, 0.2) is 35.1 Å². The van der Waals surface area contributed by atoms with Crippen LogP contribution in [0, 0.1) is 6.92 Å². The molecule has 1 aromatic carbocycles. The first kappa shape index (κ1) is 17.3. The van der Waals surface area contributed by atoms with Gasteiger partial charge in [0.25, 0.3) is 5.91 Å². The monoisotopic (exact) mass is 378 g/mol. The number of amides is 1. The highest BCUT2D eigenvalue weighted by Crippen LogP contribution is 2.36. The molecule has 6 nitrogen and oxygen atoms in total. The second kappa shape index (κ2) is 7.16. The Morgan fingerprint density at radius 2 is 2.00 bits per heavy atom. The summed E-state index contributed by atoms with van der Waals surface area (Å²) < 4.78 is 15.8. The Morgan fingerprint density at radius 1 is 1.24 bits per heavy atom. The molecule has 0 fully saturated rings. The number of aromatic nitrogens is 1. The Balaban J connectivity index is 1.91. The van der Waals surface area contributed by atoms with E-state index in [0.717, 1.165) is 9.75 Å². The summed E-state index contributed by atoms with van der Waals surface area (Å²) in [7, 11) is 3.00. The van der Waals surface area contributed by atoms with Crippen molar-refractivity contribution in [2.45, 2.75) is 6.92 Å². The number of rotatable bonds is 5. The van der Waals surface area contributed by atoms with Crippen LogP contribution in [0.4, 0.5) is 5.69 Å². The molecule has 0 bridgehead atoms. The molecule has 0 aliphatic carbocycles. The molecule has 0 radical (unpaired) electrons. The number of carbonyl (C=O) groups excluding carboxylic acids is 1. The zero-order chi connectivity index (χ0) is 18.0. The van der Waals surface area contributed by atoms with Gasteiger partial charge in [-0.1, -0.05) is 11.6 Å². The van der Waals surface area contributed by atoms with E-state index >= 15 is 0 Å². The Kier molecular flexibility index (Phi) is 4.96. The summed E-state index contributed by atoms with van der Waals surface area (Å²) >= 11 is 7.65. The fraction of sp³-hybridized carbons (Fsp3) is 0.176. The number of nitrogens with zero attached hydrogens (tertiary/aromatic N) is 1. The van der Waals surface area contributed by atoms with Crippen LogP contribution < -0.4 is 14.8 Å². The molecule has 1 N–H and O–H groups in total. The van der Waals surface area contributed by atoms with Gasteiger partial charge in [-0.3, -0.25) is 4.79 Å². The van der Waals surface area contributed by atoms with Crippen molar-refractivity contribution < 1.29 is 18.7 Å². The molecule has 0 spiro atoms. The summed E-state index contributed by atoms with van der Waals surface area (Å²) in [4.78, 5) is 18.6. The number of ether oxygens (including phenoxy) is 2. The maximum absolute atomic E-state index is 12.7. The van der Waals surface area contributed by atoms with Crippen molar-refractivity contribution in [3.05, 3.63) is 46.3 Å². The fourth-order valence-corrected chi connectivity index (χ4v) is 3.38. The van der Waals surface area contributed by atoms with Gasteiger partial charge in [0.05, 0.1) is 29.8 Å². The highest BCUT2D eigenvalue weighted by molar-refractivity contribution is 7.15. The van der Waals surface area contributed by atoms with E-state index in [4.69, 9.17) is 25.5 Å². The number of oxazole rings is 1. The average molecular weight is 379 g/mol. The quantitative estimate of drug-likeness (QED) is 0.700. The smallest absolute Gasteiger partial charge is 0.278 e. The predicted octanol–water partition coefficient (Wildman–Crippen LogP) is 4.63. The number of methoxy groups -OCH3 is 2. The van der Waals surface area contributed by atoms with Gasteiger partial charge in [-0.25, -0.2) is 4.98 Å². The Morgan fingerprint density at radius 3 is 2.64 bits per heavy atom. The van der Waals surface area contributed by atoms with Crippen LogP contribution in [-0.2, 0) is 0 Å². The lowest BCUT2D eigenvalue weighted by atomic mass is 10.2. The van der Waals surface area contributed by atoms with Crippen molar-refractivity contribution in [1.29, 1.82) is 0 Å². The standard InChI is InChI=1S/C17H15ClN2O4S/c1-9-4-5-14(25-9)16-15(19-8-24-16)17(21)20-11-6-10(18)12(22-2)7-13(11)23-3/h4-8H,1-3H3,(H,20,21). The van der Waals surface area contributed by atoms with Gasteiger partial charge >= 0.3 is 0 Å². The van der Waals surface area contributed by atoms with Crippen molar-refractivity contribution in [3.63, 3.8) is 0 Å². The number of nitrogens with one attached hydrogen (secondary N) is 1. The van der Waals surface area contributed by atoms with Crippen molar-refractivity contribution in [1.82, 2.24) is 4.98 Å². The summed E-state index contributed by atoms with van der Waals surface area (Å²) in [5, 5.41) is 3.11. The molecule has 2 aromatic heterocycles. The first-order valence-corrected chi connectivity index (χ1v) is 8.46. The lowest BCUT2D eigenvalue weighted by Crippen LogP contribution is -2.14. The molecule has 1 amide bonds. The van der Waals surface area contributed by atoms with Crippen LogP contribution in [0.1, 0.15) is 15.4 Å². The molecule has 25 heavy (non-hydrogen) atoms. The van der Waals surface area contributed by atoms with Gasteiger partial charge in [0.2, 0.25) is 0 Å². The largest absolute Gasteiger partial charge is 0.495 e. The third kappa shape index (κ3) is 3.47. The molecule has 0 saturated carbocycles. The van der Waals surface area contributed by atoms with E-state index in [1.54, 1.807) is 12.1 Å². The van der Waals surface area contributed by atoms with Gasteiger partial charge in [0.15, 0.2) is 17.8 Å². The Labute approximate surface area is 153 Å². The number of hydrogen-bond donors (Lipinski definition) is 1. The van der Waals surface area contributed by atoms with E-state index in [1.807, 2.05) is 19.1 Å². The highest BCUT2D eigenvalue weighted by atomic mass is 35.5. The second-order valence-electron chi connectivity index (χ2n) is 5.08. The summed E-state index contributed by atoms with van der Waals surface area (Å²) in [6.07, 6.45) is 1.25. The normalized spacial score (nSPS) is 10.6. The predicted molar refractivity (Wildman–Crippen MR) is 97.1 cm³/mol. The molecule has 0 aliphatic rings. The number of thiophene rings is 1. The molecule has 0 aliphatic heterocycles. The van der Waals surface area contributed by atoms with Crippen LogP contribution >= 0.6 is 22.9 Å². The van der Waals surface area contributed by atoms with E-state index in [-0.39, 0.29) is 5.69 Å². The summed E-state index contributed by atoms with van der Waals surface area (Å²) in [5.74, 6) is 0.878. The number of halogens is 1. The van der Waals surface area contributed by atoms with Crippen LogP contribution in [-0.4, -0.2) is 25.1 Å². The van der Waals surface area contributed by atoms with Crippen molar-refractivity contribution in [3.8, 4) is 22.1 Å². The molecule has 8 heteroatoms. The van der Waals surface area contributed by atoms with E-state index in [0.29, 0.717) is 28.0 Å². The molecule has 0 saturated heterocycles. The minimum Gasteiger partial charge on any atom is -0.495 e. The fourth-order valence-electron chi connectivity index (χ4n) is 2.28. The molecule has 3 rings (SSSR count). The summed E-state index contributed by atoms with van der Waals surface area (Å²) in [6, 6.07) is 7.01. The molecule has 3 aromatic rings. The van der Waals surface area contributed by atoms with E-state index in [2.05, 4.69) is 10.3 Å². The molecular formula is C17H15ClN2O4S. The molecule has 2 heterocycles. The van der Waals surface area contributed by atoms with Gasteiger partial charge in [-0.05, 0) is 25.1 Å². The number of hydrogen-bond acceptors (Lipinski definition) is 6. The maximum atomic E-state index is 12.7. The topological polar surface area (TPSA) is 73.6 Å². The molecule has 0 atom stereocenters. The lowest BCUT2D eigenvalue weighted by Gasteiger charge is -2.12. The first-order chi connectivity index (χ1) is 12.0. The van der Waals surface area contributed by atoms with Crippen molar-refractivity contribution >= 4 is 34.5 Å². The first-order valence-electron chi connectivity index (χ1n) is 7.26. The van der Waals surface area contributed by atoms with E-state index in [9.17, 15) is 4.79 Å². The summed E-state index contributed by atoms with van der Waals surface area (Å²) in [6.45, 7) is 1.98. The molecular weight excluding hydrogens is 364 g/mol. The average Bonchev–Trinajstić information content (AvgIpc) is 3.23. The molecule has 130 valence electrons. The number of aryl methyl sites for hydroxylation is 1. The van der Waals surface area contributed by atoms with Crippen LogP contribution in [0.2, 0.25) is 5.02 Å². The van der Waals surface area contributed by atoms with Crippen molar-refractivity contribution in [2.75, 3.05) is 19.5 Å². The zero-order valence-electron chi connectivity index (χ0n) is 13.8. The Bertz CT molecular complexity index is 919. The third-order valence-electron chi connectivity index (χ3n) is 3.47. The zero-order valence-corrected chi connectivity index (χ0v) is 15.3. The SMILES string of the molecule is COc1cc(OC)c(NC(=O)c2ncoc2-c2ccc(C)s2)cc1Cl. The Hall–Kier alpha value is -2.51.